The van der Waals surface area contributed by atoms with Gasteiger partial charge in [0.05, 0.1) is 5.60 Å². The summed E-state index contributed by atoms with van der Waals surface area (Å²) in [4.78, 5) is 2.29. The lowest BCUT2D eigenvalue weighted by Crippen LogP contribution is -2.66. The van der Waals surface area contributed by atoms with Crippen LogP contribution in [0, 0.1) is 5.92 Å². The summed E-state index contributed by atoms with van der Waals surface area (Å²) < 4.78 is 0. The van der Waals surface area contributed by atoms with Gasteiger partial charge in [0.2, 0.25) is 0 Å². The third-order valence-corrected chi connectivity index (χ3v) is 2.76. The van der Waals surface area contributed by atoms with E-state index < -0.39 is 5.60 Å². The minimum absolute atomic E-state index is 0.387. The van der Waals surface area contributed by atoms with Crippen molar-refractivity contribution in [3.8, 4) is 0 Å². The molecule has 1 rings (SSSR count). The highest BCUT2D eigenvalue weighted by atomic mass is 16.3. The Hall–Kier alpha value is -0.0800. The lowest BCUT2D eigenvalue weighted by atomic mass is 9.82. The smallest absolute Gasteiger partial charge is 0.0923 e. The van der Waals surface area contributed by atoms with Crippen molar-refractivity contribution < 1.29 is 5.11 Å². The first-order chi connectivity index (χ1) is 4.96. The van der Waals surface area contributed by atoms with E-state index in [2.05, 4.69) is 32.6 Å². The highest BCUT2D eigenvalue weighted by Crippen LogP contribution is 2.29. The molecular weight excluding hydrogens is 138 g/mol. The minimum atomic E-state index is -0.399. The van der Waals surface area contributed by atoms with Crippen LogP contribution in [0.1, 0.15) is 27.7 Å². The van der Waals surface area contributed by atoms with Crippen LogP contribution in [0.2, 0.25) is 0 Å². The van der Waals surface area contributed by atoms with E-state index in [1.54, 1.807) is 0 Å². The lowest BCUT2D eigenvalue weighted by Gasteiger charge is -2.51. The lowest BCUT2D eigenvalue weighted by molar-refractivity contribution is -0.138. The minimum Gasteiger partial charge on any atom is -0.387 e. The van der Waals surface area contributed by atoms with Crippen LogP contribution in [0.25, 0.3) is 0 Å². The Morgan fingerprint density at radius 1 is 1.18 bits per heavy atom. The topological polar surface area (TPSA) is 23.5 Å². The SMILES string of the molecule is CC(C)N1CC(O)(C(C)C)C1. The van der Waals surface area contributed by atoms with Crippen molar-refractivity contribution >= 4 is 0 Å². The van der Waals surface area contributed by atoms with E-state index in [1.165, 1.54) is 0 Å². The summed E-state index contributed by atoms with van der Waals surface area (Å²) in [6.07, 6.45) is 0. The van der Waals surface area contributed by atoms with E-state index in [1.807, 2.05) is 0 Å². The van der Waals surface area contributed by atoms with Crippen LogP contribution in [0.5, 0.6) is 0 Å². The van der Waals surface area contributed by atoms with E-state index >= 15 is 0 Å². The first-order valence-electron chi connectivity index (χ1n) is 4.42. The van der Waals surface area contributed by atoms with Crippen LogP contribution >= 0.6 is 0 Å². The molecule has 1 aliphatic heterocycles. The quantitative estimate of drug-likeness (QED) is 0.649. The Labute approximate surface area is 69.2 Å². The summed E-state index contributed by atoms with van der Waals surface area (Å²) >= 11 is 0. The number of β-amino-alcohol motifs (C(OH)–C–C–N with tert-alkyl or cyclic N) is 1. The second kappa shape index (κ2) is 2.76. The normalized spacial score (nSPS) is 24.3. The number of aliphatic hydroxyl groups is 1. The van der Waals surface area contributed by atoms with Gasteiger partial charge in [-0.3, -0.25) is 4.90 Å². The molecule has 0 aromatic carbocycles. The van der Waals surface area contributed by atoms with E-state index in [4.69, 9.17) is 0 Å². The van der Waals surface area contributed by atoms with Crippen LogP contribution in [-0.4, -0.2) is 34.7 Å². The van der Waals surface area contributed by atoms with Crippen molar-refractivity contribution in [2.75, 3.05) is 13.1 Å². The molecule has 0 amide bonds. The fourth-order valence-electron chi connectivity index (χ4n) is 1.39. The number of rotatable bonds is 2. The molecule has 0 aromatic rings. The van der Waals surface area contributed by atoms with Crippen molar-refractivity contribution in [3.05, 3.63) is 0 Å². The zero-order valence-electron chi connectivity index (χ0n) is 7.96. The molecule has 1 N–H and O–H groups in total. The molecule has 0 radical (unpaired) electrons. The summed E-state index contributed by atoms with van der Waals surface area (Å²) in [6, 6.07) is 0.578. The summed E-state index contributed by atoms with van der Waals surface area (Å²) in [7, 11) is 0. The first-order valence-corrected chi connectivity index (χ1v) is 4.42. The van der Waals surface area contributed by atoms with E-state index in [0.717, 1.165) is 13.1 Å². The van der Waals surface area contributed by atoms with Crippen LogP contribution in [0.3, 0.4) is 0 Å². The average Bonchev–Trinajstić information content (AvgIpc) is 1.79. The van der Waals surface area contributed by atoms with Gasteiger partial charge in [0.1, 0.15) is 0 Å². The molecule has 2 nitrogen and oxygen atoms in total. The number of nitrogens with zero attached hydrogens (tertiary/aromatic N) is 1. The van der Waals surface area contributed by atoms with Gasteiger partial charge in [-0.2, -0.15) is 0 Å². The van der Waals surface area contributed by atoms with E-state index in [9.17, 15) is 5.11 Å². The van der Waals surface area contributed by atoms with Gasteiger partial charge >= 0.3 is 0 Å². The molecule has 1 saturated heterocycles. The number of hydrogen-bond acceptors (Lipinski definition) is 2. The summed E-state index contributed by atoms with van der Waals surface area (Å²) in [5.41, 5.74) is -0.399. The number of likely N-dealkylation sites (tertiary alicyclic amines) is 1. The summed E-state index contributed by atoms with van der Waals surface area (Å²) in [5, 5.41) is 9.86. The summed E-state index contributed by atoms with van der Waals surface area (Å²) in [6.45, 7) is 10.2. The van der Waals surface area contributed by atoms with Crippen molar-refractivity contribution in [2.24, 2.45) is 5.92 Å². The van der Waals surface area contributed by atoms with Gasteiger partial charge in [-0.15, -0.1) is 0 Å². The molecule has 1 aliphatic rings. The maximum Gasteiger partial charge on any atom is 0.0923 e. The highest BCUT2D eigenvalue weighted by Gasteiger charge is 2.44. The third kappa shape index (κ3) is 1.57. The van der Waals surface area contributed by atoms with Crippen molar-refractivity contribution in [3.63, 3.8) is 0 Å². The van der Waals surface area contributed by atoms with Crippen LogP contribution < -0.4 is 0 Å². The second-order valence-corrected chi connectivity index (χ2v) is 4.26. The fraction of sp³-hybridized carbons (Fsp3) is 1.00. The highest BCUT2D eigenvalue weighted by molar-refractivity contribution is 4.98. The Morgan fingerprint density at radius 3 is 1.91 bits per heavy atom. The number of hydrogen-bond donors (Lipinski definition) is 1. The monoisotopic (exact) mass is 157 g/mol. The fourth-order valence-corrected chi connectivity index (χ4v) is 1.39. The van der Waals surface area contributed by atoms with Crippen molar-refractivity contribution in [1.82, 2.24) is 4.90 Å². The van der Waals surface area contributed by atoms with E-state index in [-0.39, 0.29) is 0 Å². The molecule has 1 heterocycles. The predicted octanol–water partition coefficient (Wildman–Crippen LogP) is 1.10. The van der Waals surface area contributed by atoms with Crippen LogP contribution in [-0.2, 0) is 0 Å². The van der Waals surface area contributed by atoms with Gasteiger partial charge in [-0.25, -0.2) is 0 Å². The Balaban J connectivity index is 2.38. The molecule has 0 unspecified atom stereocenters. The molecule has 0 saturated carbocycles. The van der Waals surface area contributed by atoms with Gasteiger partial charge in [0.25, 0.3) is 0 Å². The largest absolute Gasteiger partial charge is 0.387 e. The zero-order valence-corrected chi connectivity index (χ0v) is 7.96. The Bertz CT molecular complexity index is 136. The standard InChI is InChI=1S/C9H19NO/c1-7(2)9(11)5-10(6-9)8(3)4/h7-8,11H,5-6H2,1-4H3. The van der Waals surface area contributed by atoms with Crippen LogP contribution in [0.4, 0.5) is 0 Å². The van der Waals surface area contributed by atoms with Gasteiger partial charge in [0.15, 0.2) is 0 Å². The third-order valence-electron chi connectivity index (χ3n) is 2.76. The molecule has 0 atom stereocenters. The molecule has 0 aromatic heterocycles. The van der Waals surface area contributed by atoms with Gasteiger partial charge in [-0.05, 0) is 19.8 Å². The molecular formula is C9H19NO. The molecule has 1 fully saturated rings. The predicted molar refractivity (Wildman–Crippen MR) is 46.5 cm³/mol. The first kappa shape index (κ1) is 9.01. The summed E-state index contributed by atoms with van der Waals surface area (Å²) in [5.74, 6) is 0.387. The van der Waals surface area contributed by atoms with Crippen molar-refractivity contribution in [1.29, 1.82) is 0 Å². The molecule has 0 bridgehead atoms. The molecule has 0 spiro atoms. The van der Waals surface area contributed by atoms with Gasteiger partial charge in [-0.1, -0.05) is 13.8 Å². The maximum absolute atomic E-state index is 9.86. The second-order valence-electron chi connectivity index (χ2n) is 4.26. The van der Waals surface area contributed by atoms with Crippen LogP contribution in [0.15, 0.2) is 0 Å². The average molecular weight is 157 g/mol. The molecule has 11 heavy (non-hydrogen) atoms. The molecule has 2 heteroatoms. The maximum atomic E-state index is 9.86. The van der Waals surface area contributed by atoms with E-state index in [0.29, 0.717) is 12.0 Å². The zero-order chi connectivity index (χ0) is 8.65. The van der Waals surface area contributed by atoms with Gasteiger partial charge in [0, 0.05) is 19.1 Å². The Morgan fingerprint density at radius 2 is 1.64 bits per heavy atom. The van der Waals surface area contributed by atoms with Crippen molar-refractivity contribution in [2.45, 2.75) is 39.3 Å². The Kier molecular flexibility index (Phi) is 2.26. The molecule has 0 aliphatic carbocycles. The molecule has 66 valence electrons. The van der Waals surface area contributed by atoms with Gasteiger partial charge < -0.3 is 5.11 Å².